The Hall–Kier alpha value is -1.29. The van der Waals surface area contributed by atoms with Gasteiger partial charge in [-0.1, -0.05) is 25.8 Å². The molecule has 0 N–H and O–H groups in total. The molecule has 0 bridgehead atoms. The van der Waals surface area contributed by atoms with Crippen molar-refractivity contribution in [3.8, 4) is 0 Å². The second-order valence-corrected chi connectivity index (χ2v) is 6.20. The van der Waals surface area contributed by atoms with Crippen molar-refractivity contribution in [3.05, 3.63) is 28.6 Å². The molecule has 0 unspecified atom stereocenters. The van der Waals surface area contributed by atoms with E-state index in [9.17, 15) is 4.79 Å². The van der Waals surface area contributed by atoms with E-state index in [0.717, 1.165) is 10.6 Å². The van der Waals surface area contributed by atoms with Crippen LogP contribution in [0.1, 0.15) is 46.7 Å². The van der Waals surface area contributed by atoms with Gasteiger partial charge in [-0.2, -0.15) is 0 Å². The second-order valence-electron chi connectivity index (χ2n) is 4.94. The minimum Gasteiger partial charge on any atom is -0.465 e. The van der Waals surface area contributed by atoms with Gasteiger partial charge in [0.2, 0.25) is 0 Å². The first-order valence-electron chi connectivity index (χ1n) is 6.77. The van der Waals surface area contributed by atoms with Crippen LogP contribution in [0.5, 0.6) is 0 Å². The lowest BCUT2D eigenvalue weighted by atomic mass is 9.94. The number of esters is 1. The van der Waals surface area contributed by atoms with Crippen molar-refractivity contribution in [1.82, 2.24) is 0 Å². The topological polar surface area (TPSA) is 29.5 Å². The highest BCUT2D eigenvalue weighted by Crippen LogP contribution is 2.35. The first-order chi connectivity index (χ1) is 9.17. The average molecular weight is 279 g/mol. The van der Waals surface area contributed by atoms with Crippen molar-refractivity contribution in [2.75, 3.05) is 12.0 Å². The molecule has 1 aliphatic rings. The van der Waals surface area contributed by atoms with Crippen LogP contribution in [0, 0.1) is 6.92 Å². The number of carbonyl (C=O) groups excluding carboxylic acids is 1. The highest BCUT2D eigenvalue weighted by atomic mass is 32.1. The fourth-order valence-electron chi connectivity index (χ4n) is 2.73. The van der Waals surface area contributed by atoms with Gasteiger partial charge in [0.1, 0.15) is 4.88 Å². The Balaban J connectivity index is 2.31. The van der Waals surface area contributed by atoms with Gasteiger partial charge in [0.15, 0.2) is 0 Å². The number of carbonyl (C=O) groups is 1. The molecule has 0 amide bonds. The summed E-state index contributed by atoms with van der Waals surface area (Å²) >= 11 is 1.49. The predicted octanol–water partition coefficient (Wildman–Crippen LogP) is 4.13. The summed E-state index contributed by atoms with van der Waals surface area (Å²) in [5.41, 5.74) is 0.955. The van der Waals surface area contributed by atoms with Gasteiger partial charge >= 0.3 is 5.97 Å². The Morgan fingerprint density at radius 2 is 2.16 bits per heavy atom. The van der Waals surface area contributed by atoms with Crippen molar-refractivity contribution < 1.29 is 9.53 Å². The fourth-order valence-corrected chi connectivity index (χ4v) is 3.66. The van der Waals surface area contributed by atoms with Crippen molar-refractivity contribution in [2.45, 2.75) is 45.1 Å². The summed E-state index contributed by atoms with van der Waals surface area (Å²) in [6.45, 7) is 5.94. The van der Waals surface area contributed by atoms with E-state index >= 15 is 0 Å². The zero-order chi connectivity index (χ0) is 13.8. The fraction of sp³-hybridized carbons (Fsp3) is 0.533. The number of ether oxygens (including phenoxy) is 1. The van der Waals surface area contributed by atoms with Crippen LogP contribution in [0.3, 0.4) is 0 Å². The number of aryl methyl sites for hydroxylation is 1. The van der Waals surface area contributed by atoms with Gasteiger partial charge in [0, 0.05) is 10.9 Å². The van der Waals surface area contributed by atoms with Gasteiger partial charge in [-0.25, -0.2) is 4.79 Å². The molecule has 19 heavy (non-hydrogen) atoms. The van der Waals surface area contributed by atoms with Crippen molar-refractivity contribution in [2.24, 2.45) is 0 Å². The van der Waals surface area contributed by atoms with Crippen LogP contribution in [0.25, 0.3) is 0 Å². The van der Waals surface area contributed by atoms with Crippen LogP contribution in [-0.2, 0) is 4.74 Å². The zero-order valence-electron chi connectivity index (χ0n) is 11.6. The number of hydrogen-bond donors (Lipinski definition) is 0. The predicted molar refractivity (Wildman–Crippen MR) is 79.9 cm³/mol. The van der Waals surface area contributed by atoms with Gasteiger partial charge in [-0.15, -0.1) is 11.3 Å². The third kappa shape index (κ3) is 3.00. The molecular formula is C15H21NO2S. The Labute approximate surface area is 118 Å². The van der Waals surface area contributed by atoms with Crippen LogP contribution in [0.4, 0.5) is 5.69 Å². The summed E-state index contributed by atoms with van der Waals surface area (Å²) in [5, 5.41) is 0. The third-order valence-electron chi connectivity index (χ3n) is 3.65. The van der Waals surface area contributed by atoms with E-state index in [2.05, 4.69) is 17.5 Å². The molecule has 1 heterocycles. The van der Waals surface area contributed by atoms with Crippen molar-refractivity contribution in [3.63, 3.8) is 0 Å². The monoisotopic (exact) mass is 279 g/mol. The van der Waals surface area contributed by atoms with E-state index in [0.29, 0.717) is 10.9 Å². The first-order valence-corrected chi connectivity index (χ1v) is 7.58. The minimum absolute atomic E-state index is 0.254. The van der Waals surface area contributed by atoms with Gasteiger partial charge in [-0.3, -0.25) is 0 Å². The molecule has 1 aliphatic carbocycles. The van der Waals surface area contributed by atoms with Gasteiger partial charge in [-0.05, 0) is 32.0 Å². The molecule has 2 rings (SSSR count). The summed E-state index contributed by atoms with van der Waals surface area (Å²) in [4.78, 5) is 15.8. The van der Waals surface area contributed by atoms with E-state index in [1.165, 1.54) is 50.6 Å². The number of thiophene rings is 1. The molecule has 1 fully saturated rings. The number of hydrogen-bond acceptors (Lipinski definition) is 4. The number of anilines is 1. The standard InChI is InChI=1S/C15H21NO2S/c1-4-16(12-8-6-5-7-9-12)13-10-11(2)19-14(13)15(17)18-3/h4,10,12H,1,5-9H2,2-3H3. The lowest BCUT2D eigenvalue weighted by Gasteiger charge is -2.33. The molecule has 0 radical (unpaired) electrons. The average Bonchev–Trinajstić information content (AvgIpc) is 2.82. The summed E-state index contributed by atoms with van der Waals surface area (Å²) in [6, 6.07) is 2.52. The Bertz CT molecular complexity index is 461. The van der Waals surface area contributed by atoms with Crippen LogP contribution in [-0.4, -0.2) is 19.1 Å². The molecule has 4 heteroatoms. The molecule has 3 nitrogen and oxygen atoms in total. The van der Waals surface area contributed by atoms with E-state index in [-0.39, 0.29) is 5.97 Å². The first kappa shape index (κ1) is 14.1. The second kappa shape index (κ2) is 6.24. The van der Waals surface area contributed by atoms with Gasteiger partial charge in [0.05, 0.1) is 12.8 Å². The summed E-state index contributed by atoms with van der Waals surface area (Å²) in [6.07, 6.45) is 8.01. The summed E-state index contributed by atoms with van der Waals surface area (Å²) in [7, 11) is 1.43. The molecule has 1 aromatic heterocycles. The lowest BCUT2D eigenvalue weighted by molar-refractivity contribution is 0.0607. The van der Waals surface area contributed by atoms with Crippen molar-refractivity contribution >= 4 is 23.0 Å². The maximum Gasteiger partial charge on any atom is 0.350 e. The van der Waals surface area contributed by atoms with Crippen LogP contribution in [0.2, 0.25) is 0 Å². The van der Waals surface area contributed by atoms with E-state index in [1.54, 1.807) is 0 Å². The lowest BCUT2D eigenvalue weighted by Crippen LogP contribution is -2.32. The summed E-state index contributed by atoms with van der Waals surface area (Å²) < 4.78 is 4.88. The quantitative estimate of drug-likeness (QED) is 0.776. The third-order valence-corrected chi connectivity index (χ3v) is 4.67. The minimum atomic E-state index is -0.254. The normalized spacial score (nSPS) is 16.1. The highest BCUT2D eigenvalue weighted by Gasteiger charge is 2.25. The maximum absolute atomic E-state index is 11.9. The molecule has 0 aromatic carbocycles. The maximum atomic E-state index is 11.9. The number of nitrogens with zero attached hydrogens (tertiary/aromatic N) is 1. The molecule has 1 saturated carbocycles. The van der Waals surface area contributed by atoms with Crippen molar-refractivity contribution in [1.29, 1.82) is 0 Å². The van der Waals surface area contributed by atoms with Gasteiger partial charge in [0.25, 0.3) is 0 Å². The molecule has 0 aliphatic heterocycles. The molecular weight excluding hydrogens is 258 g/mol. The molecule has 1 aromatic rings. The number of methoxy groups -OCH3 is 1. The largest absolute Gasteiger partial charge is 0.465 e. The summed E-state index contributed by atoms with van der Waals surface area (Å²) in [5.74, 6) is -0.254. The Morgan fingerprint density at radius 3 is 2.74 bits per heavy atom. The van der Waals surface area contributed by atoms with Crippen LogP contribution in [0.15, 0.2) is 18.8 Å². The molecule has 0 saturated heterocycles. The molecule has 0 atom stereocenters. The molecule has 0 spiro atoms. The Morgan fingerprint density at radius 1 is 1.47 bits per heavy atom. The van der Waals surface area contributed by atoms with Crippen LogP contribution >= 0.6 is 11.3 Å². The highest BCUT2D eigenvalue weighted by molar-refractivity contribution is 7.14. The smallest absolute Gasteiger partial charge is 0.350 e. The number of rotatable bonds is 4. The Kier molecular flexibility index (Phi) is 4.64. The van der Waals surface area contributed by atoms with E-state index in [1.807, 2.05) is 13.1 Å². The van der Waals surface area contributed by atoms with Gasteiger partial charge < -0.3 is 9.64 Å². The molecule has 104 valence electrons. The SMILES string of the molecule is C=CN(c1cc(C)sc1C(=O)OC)C1CCCCC1. The zero-order valence-corrected chi connectivity index (χ0v) is 12.5. The van der Waals surface area contributed by atoms with E-state index in [4.69, 9.17) is 4.74 Å². The van der Waals surface area contributed by atoms with E-state index < -0.39 is 0 Å². The van der Waals surface area contributed by atoms with Crippen LogP contribution < -0.4 is 4.90 Å².